The van der Waals surface area contributed by atoms with Gasteiger partial charge in [-0.05, 0) is 24.1 Å². The zero-order valence-corrected chi connectivity index (χ0v) is 11.9. The molecular formula is C14H15FNO3S-. The molecule has 1 aliphatic heterocycles. The Hall–Kier alpha value is -1.56. The van der Waals surface area contributed by atoms with E-state index in [1.54, 1.807) is 12.1 Å². The first-order chi connectivity index (χ1) is 9.54. The molecule has 2 rings (SSSR count). The van der Waals surface area contributed by atoms with Gasteiger partial charge in [0.05, 0.1) is 12.0 Å². The van der Waals surface area contributed by atoms with E-state index in [0.29, 0.717) is 12.0 Å². The fourth-order valence-corrected chi connectivity index (χ4v) is 3.68. The van der Waals surface area contributed by atoms with Crippen LogP contribution >= 0.6 is 11.8 Å². The van der Waals surface area contributed by atoms with E-state index < -0.39 is 23.2 Å². The molecule has 0 aromatic heterocycles. The van der Waals surface area contributed by atoms with Crippen molar-refractivity contribution < 1.29 is 19.1 Å². The monoisotopic (exact) mass is 296 g/mol. The van der Waals surface area contributed by atoms with Crippen LogP contribution in [0.5, 0.6) is 0 Å². The molecule has 0 saturated carbocycles. The van der Waals surface area contributed by atoms with E-state index >= 15 is 0 Å². The van der Waals surface area contributed by atoms with E-state index in [4.69, 9.17) is 0 Å². The number of nitrogens with zero attached hydrogens (tertiary/aromatic N) is 1. The lowest BCUT2D eigenvalue weighted by Crippen LogP contribution is -2.48. The van der Waals surface area contributed by atoms with Crippen molar-refractivity contribution in [3.63, 3.8) is 0 Å². The lowest BCUT2D eigenvalue weighted by atomic mass is 10.1. The predicted molar refractivity (Wildman–Crippen MR) is 72.1 cm³/mol. The quantitative estimate of drug-likeness (QED) is 0.841. The van der Waals surface area contributed by atoms with Gasteiger partial charge in [-0.1, -0.05) is 19.1 Å². The maximum atomic E-state index is 13.3. The van der Waals surface area contributed by atoms with Gasteiger partial charge in [0.25, 0.3) is 0 Å². The first-order valence-corrected chi connectivity index (χ1v) is 7.48. The number of thioether (sulfide) groups is 1. The van der Waals surface area contributed by atoms with Gasteiger partial charge < -0.3 is 14.8 Å². The number of aliphatic carboxylic acids is 1. The Bertz CT molecular complexity index is 523. The minimum atomic E-state index is -1.26. The molecule has 0 unspecified atom stereocenters. The number of carbonyl (C=O) groups is 2. The Labute approximate surface area is 121 Å². The third-order valence-electron chi connectivity index (χ3n) is 3.16. The maximum Gasteiger partial charge on any atom is 0.224 e. The lowest BCUT2D eigenvalue weighted by molar-refractivity contribution is -0.310. The number of carboxylic acids is 1. The molecule has 108 valence electrons. The number of hydrogen-bond donors (Lipinski definition) is 0. The summed E-state index contributed by atoms with van der Waals surface area (Å²) in [4.78, 5) is 24.6. The zero-order chi connectivity index (χ0) is 14.7. The molecule has 1 fully saturated rings. The zero-order valence-electron chi connectivity index (χ0n) is 11.0. The van der Waals surface area contributed by atoms with Crippen molar-refractivity contribution in [2.45, 2.75) is 31.2 Å². The van der Waals surface area contributed by atoms with Crippen LogP contribution in [-0.4, -0.2) is 28.6 Å². The molecular weight excluding hydrogens is 281 g/mol. The molecule has 1 saturated heterocycles. The predicted octanol–water partition coefficient (Wildman–Crippen LogP) is 1.32. The third-order valence-corrected chi connectivity index (χ3v) is 4.48. The van der Waals surface area contributed by atoms with Gasteiger partial charge in [0.15, 0.2) is 0 Å². The average Bonchev–Trinajstić information content (AvgIpc) is 2.83. The van der Waals surface area contributed by atoms with Crippen LogP contribution in [0.2, 0.25) is 0 Å². The number of benzene rings is 1. The van der Waals surface area contributed by atoms with Gasteiger partial charge in [0, 0.05) is 12.2 Å². The fourth-order valence-electron chi connectivity index (χ4n) is 2.25. The molecule has 20 heavy (non-hydrogen) atoms. The van der Waals surface area contributed by atoms with Crippen molar-refractivity contribution in [3.05, 3.63) is 35.6 Å². The van der Waals surface area contributed by atoms with E-state index in [2.05, 4.69) is 0 Å². The Morgan fingerprint density at radius 1 is 1.50 bits per heavy atom. The van der Waals surface area contributed by atoms with E-state index in [9.17, 15) is 19.1 Å². The standard InChI is InChI=1S/C14H16FNO3S/c1-2-4-12(17)16-11(14(18)19)8-20-13(16)9-5-3-6-10(15)7-9/h3,5-7,11,13H,2,4,8H2,1H3,(H,18,19)/p-1/t11-,13-/m0/s1. The highest BCUT2D eigenvalue weighted by Crippen LogP contribution is 2.41. The maximum absolute atomic E-state index is 13.3. The molecule has 1 aromatic rings. The van der Waals surface area contributed by atoms with Crippen LogP contribution in [0.1, 0.15) is 30.7 Å². The van der Waals surface area contributed by atoms with E-state index in [1.807, 2.05) is 6.92 Å². The first kappa shape index (κ1) is 14.8. The van der Waals surface area contributed by atoms with Gasteiger partial charge in [-0.3, -0.25) is 4.79 Å². The molecule has 0 spiro atoms. The summed E-state index contributed by atoms with van der Waals surface area (Å²) >= 11 is 1.32. The Morgan fingerprint density at radius 3 is 2.85 bits per heavy atom. The largest absolute Gasteiger partial charge is 0.548 e. The van der Waals surface area contributed by atoms with Crippen LogP contribution in [0.3, 0.4) is 0 Å². The summed E-state index contributed by atoms with van der Waals surface area (Å²) in [6.45, 7) is 1.85. The minimum Gasteiger partial charge on any atom is -0.548 e. The molecule has 1 heterocycles. The minimum absolute atomic E-state index is 0.235. The highest BCUT2D eigenvalue weighted by atomic mass is 32.2. The SMILES string of the molecule is CCCC(=O)N1[C@H](C(=O)[O-])CS[C@H]1c1cccc(F)c1. The van der Waals surface area contributed by atoms with Crippen molar-refractivity contribution in [1.82, 2.24) is 4.90 Å². The van der Waals surface area contributed by atoms with Gasteiger partial charge in [0.1, 0.15) is 11.2 Å². The number of halogens is 1. The van der Waals surface area contributed by atoms with Crippen molar-refractivity contribution in [1.29, 1.82) is 0 Å². The molecule has 1 aliphatic rings. The van der Waals surface area contributed by atoms with Gasteiger partial charge >= 0.3 is 0 Å². The fraction of sp³-hybridized carbons (Fsp3) is 0.429. The Morgan fingerprint density at radius 2 is 2.25 bits per heavy atom. The van der Waals surface area contributed by atoms with Crippen LogP contribution in [0.4, 0.5) is 4.39 Å². The van der Waals surface area contributed by atoms with Crippen LogP contribution in [0.25, 0.3) is 0 Å². The molecule has 1 amide bonds. The Balaban J connectivity index is 2.31. The van der Waals surface area contributed by atoms with E-state index in [1.165, 1.54) is 28.8 Å². The van der Waals surface area contributed by atoms with Gasteiger partial charge in [-0.25, -0.2) is 4.39 Å². The van der Waals surface area contributed by atoms with Crippen LogP contribution in [-0.2, 0) is 9.59 Å². The number of amides is 1. The Kier molecular flexibility index (Phi) is 4.65. The topological polar surface area (TPSA) is 60.4 Å². The second-order valence-corrected chi connectivity index (χ2v) is 5.74. The van der Waals surface area contributed by atoms with Crippen molar-refractivity contribution in [3.8, 4) is 0 Å². The second kappa shape index (κ2) is 6.26. The molecule has 4 nitrogen and oxygen atoms in total. The molecule has 1 aromatic carbocycles. The van der Waals surface area contributed by atoms with Gasteiger partial charge in [-0.2, -0.15) is 0 Å². The molecule has 0 N–H and O–H groups in total. The van der Waals surface area contributed by atoms with Crippen molar-refractivity contribution in [2.75, 3.05) is 5.75 Å². The molecule has 0 radical (unpaired) electrons. The van der Waals surface area contributed by atoms with E-state index in [-0.39, 0.29) is 18.1 Å². The van der Waals surface area contributed by atoms with Gasteiger partial charge in [-0.15, -0.1) is 11.8 Å². The molecule has 0 bridgehead atoms. The summed E-state index contributed by atoms with van der Waals surface area (Å²) in [5.74, 6) is -1.64. The highest BCUT2D eigenvalue weighted by molar-refractivity contribution is 7.99. The number of hydrogen-bond acceptors (Lipinski definition) is 4. The summed E-state index contributed by atoms with van der Waals surface area (Å²) in [6, 6.07) is 4.95. The first-order valence-electron chi connectivity index (χ1n) is 6.43. The summed E-state index contributed by atoms with van der Waals surface area (Å²) in [5.41, 5.74) is 0.600. The average molecular weight is 296 g/mol. The molecule has 6 heteroatoms. The third kappa shape index (κ3) is 2.95. The summed E-state index contributed by atoms with van der Waals surface area (Å²) in [6.07, 6.45) is 0.909. The normalized spacial score (nSPS) is 22.0. The molecule has 2 atom stereocenters. The van der Waals surface area contributed by atoms with E-state index in [0.717, 1.165) is 0 Å². The summed E-state index contributed by atoms with van der Waals surface area (Å²) < 4.78 is 13.3. The van der Waals surface area contributed by atoms with Crippen molar-refractivity contribution >= 4 is 23.6 Å². The summed E-state index contributed by atoms with van der Waals surface area (Å²) in [7, 11) is 0. The second-order valence-electron chi connectivity index (χ2n) is 4.63. The van der Waals surface area contributed by atoms with Crippen LogP contribution in [0, 0.1) is 5.82 Å². The number of carbonyl (C=O) groups excluding carboxylic acids is 2. The molecule has 0 aliphatic carbocycles. The van der Waals surface area contributed by atoms with Crippen LogP contribution < -0.4 is 5.11 Å². The summed E-state index contributed by atoms with van der Waals surface area (Å²) in [5, 5.41) is 10.7. The lowest BCUT2D eigenvalue weighted by Gasteiger charge is -2.30. The van der Waals surface area contributed by atoms with Gasteiger partial charge in [0.2, 0.25) is 5.91 Å². The van der Waals surface area contributed by atoms with Crippen LogP contribution in [0.15, 0.2) is 24.3 Å². The van der Waals surface area contributed by atoms with Crippen molar-refractivity contribution in [2.24, 2.45) is 0 Å². The highest BCUT2D eigenvalue weighted by Gasteiger charge is 2.38. The number of rotatable bonds is 4. The number of carboxylic acid groups (broad SMARTS) is 1. The smallest absolute Gasteiger partial charge is 0.224 e.